The third-order valence-electron chi connectivity index (χ3n) is 4.91. The minimum Gasteiger partial charge on any atom is -0.361 e. The van der Waals surface area contributed by atoms with E-state index in [0.717, 1.165) is 0 Å². The van der Waals surface area contributed by atoms with Crippen LogP contribution in [-0.4, -0.2) is 23.3 Å². The number of hydrogen-bond donors (Lipinski definition) is 0. The molecule has 0 aromatic heterocycles. The molecule has 2 saturated heterocycles. The first-order chi connectivity index (χ1) is 8.42. The van der Waals surface area contributed by atoms with E-state index >= 15 is 0 Å². The highest BCUT2D eigenvalue weighted by atomic mass is 16.5. The van der Waals surface area contributed by atoms with Crippen LogP contribution in [0.1, 0.15) is 54.9 Å². The molecule has 3 heteroatoms. The molecule has 2 rings (SSSR count). The predicted molar refractivity (Wildman–Crippen MR) is 73.8 cm³/mol. The Morgan fingerprint density at radius 3 is 2.05 bits per heavy atom. The molecule has 0 aliphatic carbocycles. The highest BCUT2D eigenvalue weighted by molar-refractivity contribution is 6.01. The molecule has 1 unspecified atom stereocenters. The van der Waals surface area contributed by atoms with Crippen molar-refractivity contribution in [1.82, 2.24) is 0 Å². The van der Waals surface area contributed by atoms with Crippen LogP contribution >= 0.6 is 0 Å². The van der Waals surface area contributed by atoms with Crippen molar-refractivity contribution in [3.8, 4) is 0 Å². The van der Waals surface area contributed by atoms with Crippen LogP contribution in [-0.2, 0) is 14.3 Å². The number of carbonyl (C=O) groups is 2. The Morgan fingerprint density at radius 2 is 1.63 bits per heavy atom. The van der Waals surface area contributed by atoms with Gasteiger partial charge in [-0.2, -0.15) is 0 Å². The van der Waals surface area contributed by atoms with Crippen LogP contribution in [0.25, 0.3) is 0 Å². The van der Waals surface area contributed by atoms with Crippen LogP contribution in [0.15, 0.2) is 0 Å². The van der Waals surface area contributed by atoms with Crippen molar-refractivity contribution in [3.63, 3.8) is 0 Å². The van der Waals surface area contributed by atoms with Crippen molar-refractivity contribution in [2.24, 2.45) is 22.7 Å². The number of ketones is 2. The van der Waals surface area contributed by atoms with Gasteiger partial charge in [0, 0.05) is 12.3 Å². The molecule has 0 radical (unpaired) electrons. The maximum absolute atomic E-state index is 13.0. The Kier molecular flexibility index (Phi) is 3.02. The fourth-order valence-electron chi connectivity index (χ4n) is 3.57. The van der Waals surface area contributed by atoms with Gasteiger partial charge < -0.3 is 4.74 Å². The molecular weight excluding hydrogens is 240 g/mol. The Hall–Kier alpha value is -0.700. The van der Waals surface area contributed by atoms with Crippen molar-refractivity contribution < 1.29 is 14.3 Å². The molecular formula is C16H26O3. The third-order valence-corrected chi connectivity index (χ3v) is 4.91. The molecule has 3 nitrogen and oxygen atoms in total. The van der Waals surface area contributed by atoms with E-state index in [1.54, 1.807) is 0 Å². The number of carbonyl (C=O) groups excluding carboxylic acids is 2. The summed E-state index contributed by atoms with van der Waals surface area (Å²) in [5.41, 5.74) is -1.44. The summed E-state index contributed by atoms with van der Waals surface area (Å²) in [5.74, 6) is -0.0548. The summed E-state index contributed by atoms with van der Waals surface area (Å²) in [4.78, 5) is 25.3. The molecule has 0 saturated carbocycles. The first kappa shape index (κ1) is 14.7. The highest BCUT2D eigenvalue weighted by Gasteiger charge is 2.67. The lowest BCUT2D eigenvalue weighted by Gasteiger charge is -2.43. The van der Waals surface area contributed by atoms with Crippen molar-refractivity contribution >= 4 is 11.6 Å². The van der Waals surface area contributed by atoms with E-state index < -0.39 is 5.60 Å². The smallest absolute Gasteiger partial charge is 0.171 e. The second kappa shape index (κ2) is 3.91. The highest BCUT2D eigenvalue weighted by Crippen LogP contribution is 2.55. The normalized spacial score (nSPS) is 39.8. The average molecular weight is 266 g/mol. The van der Waals surface area contributed by atoms with Crippen LogP contribution in [0.4, 0.5) is 0 Å². The van der Waals surface area contributed by atoms with E-state index in [4.69, 9.17) is 4.74 Å². The minimum atomic E-state index is -0.917. The fourth-order valence-corrected chi connectivity index (χ4v) is 3.57. The summed E-state index contributed by atoms with van der Waals surface area (Å²) in [6.07, 6.45) is -0.0208. The standard InChI is InChI=1S/C16H26O3/c1-9-10(17)8-16(15(5,6)7)13(18)11(12(9)19-16)14(2,3)4/h9,11-12H,8H2,1-7H3/t9-,11?,12-,16+/m1/s1. The van der Waals surface area contributed by atoms with Crippen LogP contribution < -0.4 is 0 Å². The van der Waals surface area contributed by atoms with E-state index in [9.17, 15) is 9.59 Å². The van der Waals surface area contributed by atoms with Crippen LogP contribution in [0.3, 0.4) is 0 Å². The average Bonchev–Trinajstić information content (AvgIpc) is 2.46. The lowest BCUT2D eigenvalue weighted by Crippen LogP contribution is -2.53. The van der Waals surface area contributed by atoms with Gasteiger partial charge in [0.05, 0.1) is 12.0 Å². The molecule has 2 heterocycles. The molecule has 2 bridgehead atoms. The van der Waals surface area contributed by atoms with E-state index in [-0.39, 0.29) is 46.8 Å². The van der Waals surface area contributed by atoms with E-state index in [1.807, 2.05) is 27.7 Å². The molecule has 0 N–H and O–H groups in total. The zero-order valence-corrected chi connectivity index (χ0v) is 13.2. The van der Waals surface area contributed by atoms with Crippen molar-refractivity contribution in [2.75, 3.05) is 0 Å². The summed E-state index contributed by atoms with van der Waals surface area (Å²) in [5, 5.41) is 0. The summed E-state index contributed by atoms with van der Waals surface area (Å²) in [6, 6.07) is 0. The maximum atomic E-state index is 13.0. The van der Waals surface area contributed by atoms with Crippen molar-refractivity contribution in [2.45, 2.75) is 66.6 Å². The first-order valence-corrected chi connectivity index (χ1v) is 7.17. The Labute approximate surface area is 116 Å². The molecule has 0 spiro atoms. The second-order valence-electron chi connectivity index (χ2n) is 8.30. The van der Waals surface area contributed by atoms with Gasteiger partial charge in [-0.3, -0.25) is 9.59 Å². The number of ether oxygens (including phenoxy) is 1. The fraction of sp³-hybridized carbons (Fsp3) is 0.875. The maximum Gasteiger partial charge on any atom is 0.171 e. The lowest BCUT2D eigenvalue weighted by atomic mass is 9.67. The van der Waals surface area contributed by atoms with Crippen LogP contribution in [0.5, 0.6) is 0 Å². The Balaban J connectivity index is 2.56. The van der Waals surface area contributed by atoms with Crippen molar-refractivity contribution in [3.05, 3.63) is 0 Å². The van der Waals surface area contributed by atoms with Gasteiger partial charge in [-0.05, 0) is 10.8 Å². The minimum absolute atomic E-state index is 0.134. The Bertz CT molecular complexity index is 424. The molecule has 2 aliphatic rings. The Morgan fingerprint density at radius 1 is 1.11 bits per heavy atom. The first-order valence-electron chi connectivity index (χ1n) is 7.17. The molecule has 0 aromatic carbocycles. The van der Waals surface area contributed by atoms with Gasteiger partial charge in [0.15, 0.2) is 5.78 Å². The van der Waals surface area contributed by atoms with Crippen LogP contribution in [0.2, 0.25) is 0 Å². The van der Waals surface area contributed by atoms with Gasteiger partial charge in [0.1, 0.15) is 11.4 Å². The van der Waals surface area contributed by atoms with Crippen molar-refractivity contribution in [1.29, 1.82) is 0 Å². The largest absolute Gasteiger partial charge is 0.361 e. The van der Waals surface area contributed by atoms with Gasteiger partial charge in [0.25, 0.3) is 0 Å². The predicted octanol–water partition coefficient (Wildman–Crippen LogP) is 3.01. The van der Waals surface area contributed by atoms with E-state index in [1.165, 1.54) is 0 Å². The summed E-state index contributed by atoms with van der Waals surface area (Å²) >= 11 is 0. The molecule has 2 fully saturated rings. The number of hydrogen-bond acceptors (Lipinski definition) is 3. The number of fused-ring (bicyclic) bond motifs is 2. The molecule has 0 aromatic rings. The van der Waals surface area contributed by atoms with Crippen LogP contribution in [0, 0.1) is 22.7 Å². The molecule has 108 valence electrons. The number of Topliss-reactive ketones (excluding diaryl/α,β-unsaturated/α-hetero) is 2. The van der Waals surface area contributed by atoms with Gasteiger partial charge in [-0.25, -0.2) is 0 Å². The zero-order chi connectivity index (χ0) is 14.8. The quantitative estimate of drug-likeness (QED) is 0.677. The molecule has 4 atom stereocenters. The van der Waals surface area contributed by atoms with Gasteiger partial charge in [-0.1, -0.05) is 48.5 Å². The molecule has 0 amide bonds. The number of rotatable bonds is 0. The SMILES string of the molecule is C[C@@H]1C(=O)C[C@]2(C(C)(C)C)O[C@H]1C(C(C)(C)C)C2=O. The topological polar surface area (TPSA) is 43.4 Å². The van der Waals surface area contributed by atoms with Gasteiger partial charge >= 0.3 is 0 Å². The second-order valence-corrected chi connectivity index (χ2v) is 8.30. The van der Waals surface area contributed by atoms with E-state index in [2.05, 4.69) is 20.8 Å². The van der Waals surface area contributed by atoms with Gasteiger partial charge in [-0.15, -0.1) is 0 Å². The third kappa shape index (κ3) is 1.89. The van der Waals surface area contributed by atoms with E-state index in [0.29, 0.717) is 0 Å². The van der Waals surface area contributed by atoms with Gasteiger partial charge in [0.2, 0.25) is 0 Å². The summed E-state index contributed by atoms with van der Waals surface area (Å²) in [6.45, 7) is 14.1. The lowest BCUT2D eigenvalue weighted by molar-refractivity contribution is -0.177. The summed E-state index contributed by atoms with van der Waals surface area (Å²) < 4.78 is 6.21. The molecule has 2 aliphatic heterocycles. The summed E-state index contributed by atoms with van der Waals surface area (Å²) in [7, 11) is 0. The zero-order valence-electron chi connectivity index (χ0n) is 13.2. The molecule has 19 heavy (non-hydrogen) atoms. The monoisotopic (exact) mass is 266 g/mol.